The molecular formula is C13H28N2. The highest BCUT2D eigenvalue weighted by molar-refractivity contribution is 4.75. The number of nitrogens with zero attached hydrogens (tertiary/aromatic N) is 1. The van der Waals surface area contributed by atoms with Crippen LogP contribution in [0, 0.1) is 5.92 Å². The Kier molecular flexibility index (Phi) is 5.07. The van der Waals surface area contributed by atoms with Crippen molar-refractivity contribution in [3.05, 3.63) is 0 Å². The second-order valence-corrected chi connectivity index (χ2v) is 5.79. The second kappa shape index (κ2) is 5.86. The lowest BCUT2D eigenvalue weighted by molar-refractivity contribution is 0.176. The number of likely N-dealkylation sites (tertiary alicyclic amines) is 1. The minimum absolute atomic E-state index is 0.0156. The van der Waals surface area contributed by atoms with Crippen molar-refractivity contribution in [2.75, 3.05) is 19.6 Å². The monoisotopic (exact) mass is 212 g/mol. The van der Waals surface area contributed by atoms with Crippen molar-refractivity contribution in [3.63, 3.8) is 0 Å². The van der Waals surface area contributed by atoms with Gasteiger partial charge in [0.25, 0.3) is 0 Å². The van der Waals surface area contributed by atoms with Gasteiger partial charge in [-0.05, 0) is 65.1 Å². The van der Waals surface area contributed by atoms with Gasteiger partial charge < -0.3 is 10.6 Å². The molecule has 0 unspecified atom stereocenters. The van der Waals surface area contributed by atoms with Crippen LogP contribution in [-0.4, -0.2) is 30.1 Å². The largest absolute Gasteiger partial charge is 0.326 e. The Balaban J connectivity index is 2.09. The molecule has 0 atom stereocenters. The zero-order valence-electron chi connectivity index (χ0n) is 10.8. The van der Waals surface area contributed by atoms with Gasteiger partial charge in [0, 0.05) is 5.54 Å². The average molecular weight is 212 g/mol. The highest BCUT2D eigenvalue weighted by Crippen LogP contribution is 2.20. The van der Waals surface area contributed by atoms with Crippen molar-refractivity contribution in [2.45, 2.75) is 58.4 Å². The fourth-order valence-electron chi connectivity index (χ4n) is 2.38. The maximum atomic E-state index is 5.98. The summed E-state index contributed by atoms with van der Waals surface area (Å²) in [5.74, 6) is 0.993. The smallest absolute Gasteiger partial charge is 0.00975 e. The Bertz CT molecular complexity index is 164. The molecule has 1 heterocycles. The minimum atomic E-state index is 0.0156. The van der Waals surface area contributed by atoms with E-state index in [2.05, 4.69) is 25.7 Å². The number of rotatable bonds is 5. The summed E-state index contributed by atoms with van der Waals surface area (Å²) in [5, 5.41) is 0. The first kappa shape index (κ1) is 13.0. The van der Waals surface area contributed by atoms with Crippen molar-refractivity contribution in [3.8, 4) is 0 Å². The van der Waals surface area contributed by atoms with Gasteiger partial charge in [0.05, 0.1) is 0 Å². The molecule has 15 heavy (non-hydrogen) atoms. The molecule has 0 radical (unpaired) electrons. The predicted octanol–water partition coefficient (Wildman–Crippen LogP) is 2.63. The minimum Gasteiger partial charge on any atom is -0.326 e. The molecule has 0 amide bonds. The van der Waals surface area contributed by atoms with Crippen LogP contribution in [0.2, 0.25) is 0 Å². The SMILES string of the molecule is CCC1CCN(CCCC(C)(C)N)CC1. The van der Waals surface area contributed by atoms with Crippen LogP contribution in [0.5, 0.6) is 0 Å². The first-order valence-electron chi connectivity index (χ1n) is 6.52. The maximum Gasteiger partial charge on any atom is 0.00975 e. The zero-order chi connectivity index (χ0) is 11.3. The van der Waals surface area contributed by atoms with E-state index in [0.717, 1.165) is 12.3 Å². The van der Waals surface area contributed by atoms with Gasteiger partial charge in [-0.15, -0.1) is 0 Å². The average Bonchev–Trinajstić information content (AvgIpc) is 2.17. The Morgan fingerprint density at radius 3 is 2.33 bits per heavy atom. The van der Waals surface area contributed by atoms with Gasteiger partial charge in [-0.1, -0.05) is 13.3 Å². The van der Waals surface area contributed by atoms with E-state index in [4.69, 9.17) is 5.73 Å². The van der Waals surface area contributed by atoms with Gasteiger partial charge in [0.1, 0.15) is 0 Å². The third kappa shape index (κ3) is 5.53. The highest BCUT2D eigenvalue weighted by Gasteiger charge is 2.18. The zero-order valence-corrected chi connectivity index (χ0v) is 10.8. The molecule has 90 valence electrons. The number of piperidine rings is 1. The fourth-order valence-corrected chi connectivity index (χ4v) is 2.38. The highest BCUT2D eigenvalue weighted by atomic mass is 15.1. The van der Waals surface area contributed by atoms with Crippen molar-refractivity contribution in [2.24, 2.45) is 11.7 Å². The first-order valence-corrected chi connectivity index (χ1v) is 6.52. The molecule has 2 heteroatoms. The molecule has 2 nitrogen and oxygen atoms in total. The van der Waals surface area contributed by atoms with Crippen LogP contribution in [0.4, 0.5) is 0 Å². The molecule has 1 fully saturated rings. The Morgan fingerprint density at radius 2 is 1.87 bits per heavy atom. The molecule has 0 aromatic carbocycles. The van der Waals surface area contributed by atoms with E-state index in [9.17, 15) is 0 Å². The van der Waals surface area contributed by atoms with Gasteiger partial charge in [-0.3, -0.25) is 0 Å². The Hall–Kier alpha value is -0.0800. The maximum absolute atomic E-state index is 5.98. The van der Waals surface area contributed by atoms with Crippen molar-refractivity contribution in [1.29, 1.82) is 0 Å². The summed E-state index contributed by atoms with van der Waals surface area (Å²) in [6, 6.07) is 0. The lowest BCUT2D eigenvalue weighted by Crippen LogP contribution is -2.36. The summed E-state index contributed by atoms with van der Waals surface area (Å²) in [7, 11) is 0. The number of hydrogen-bond acceptors (Lipinski definition) is 2. The van der Waals surface area contributed by atoms with E-state index < -0.39 is 0 Å². The van der Waals surface area contributed by atoms with E-state index >= 15 is 0 Å². The molecule has 1 saturated heterocycles. The number of nitrogens with two attached hydrogens (primary N) is 1. The van der Waals surface area contributed by atoms with E-state index in [-0.39, 0.29) is 5.54 Å². The van der Waals surface area contributed by atoms with E-state index in [0.29, 0.717) is 0 Å². The molecule has 0 aromatic rings. The lowest BCUT2D eigenvalue weighted by atomic mass is 9.94. The van der Waals surface area contributed by atoms with E-state index in [1.807, 2.05) is 0 Å². The van der Waals surface area contributed by atoms with Crippen LogP contribution in [-0.2, 0) is 0 Å². The fraction of sp³-hybridized carbons (Fsp3) is 1.00. The molecule has 0 aromatic heterocycles. The van der Waals surface area contributed by atoms with Gasteiger partial charge >= 0.3 is 0 Å². The van der Waals surface area contributed by atoms with Crippen LogP contribution in [0.25, 0.3) is 0 Å². The summed E-state index contributed by atoms with van der Waals surface area (Å²) in [6.45, 7) is 10.4. The normalized spacial score (nSPS) is 20.8. The molecular weight excluding hydrogens is 184 g/mol. The van der Waals surface area contributed by atoms with Crippen LogP contribution < -0.4 is 5.73 Å². The van der Waals surface area contributed by atoms with Crippen LogP contribution >= 0.6 is 0 Å². The predicted molar refractivity (Wildman–Crippen MR) is 67.0 cm³/mol. The lowest BCUT2D eigenvalue weighted by Gasteiger charge is -2.32. The van der Waals surface area contributed by atoms with Crippen molar-refractivity contribution >= 4 is 0 Å². The third-order valence-electron chi connectivity index (χ3n) is 3.58. The molecule has 1 aliphatic rings. The molecule has 0 saturated carbocycles. The van der Waals surface area contributed by atoms with Crippen LogP contribution in [0.3, 0.4) is 0 Å². The van der Waals surface area contributed by atoms with Crippen LogP contribution in [0.15, 0.2) is 0 Å². The van der Waals surface area contributed by atoms with E-state index in [1.165, 1.54) is 45.3 Å². The summed E-state index contributed by atoms with van der Waals surface area (Å²) >= 11 is 0. The van der Waals surface area contributed by atoms with Crippen molar-refractivity contribution in [1.82, 2.24) is 4.90 Å². The second-order valence-electron chi connectivity index (χ2n) is 5.79. The molecule has 0 spiro atoms. The first-order chi connectivity index (χ1) is 7.01. The molecule has 0 bridgehead atoms. The third-order valence-corrected chi connectivity index (χ3v) is 3.58. The molecule has 0 aliphatic carbocycles. The van der Waals surface area contributed by atoms with Gasteiger partial charge in [-0.2, -0.15) is 0 Å². The Morgan fingerprint density at radius 1 is 1.27 bits per heavy atom. The summed E-state index contributed by atoms with van der Waals surface area (Å²) in [4.78, 5) is 2.61. The summed E-state index contributed by atoms with van der Waals surface area (Å²) in [5.41, 5.74) is 5.99. The van der Waals surface area contributed by atoms with Gasteiger partial charge in [-0.25, -0.2) is 0 Å². The van der Waals surface area contributed by atoms with Gasteiger partial charge in [0.15, 0.2) is 0 Å². The standard InChI is InChI=1S/C13H28N2/c1-4-12-6-10-15(11-7-12)9-5-8-13(2,3)14/h12H,4-11,14H2,1-3H3. The van der Waals surface area contributed by atoms with Crippen molar-refractivity contribution < 1.29 is 0 Å². The number of hydrogen-bond donors (Lipinski definition) is 1. The quantitative estimate of drug-likeness (QED) is 0.759. The van der Waals surface area contributed by atoms with Crippen LogP contribution in [0.1, 0.15) is 52.9 Å². The Labute approximate surface area is 95.2 Å². The summed E-state index contributed by atoms with van der Waals surface area (Å²) < 4.78 is 0. The molecule has 2 N–H and O–H groups in total. The van der Waals surface area contributed by atoms with E-state index in [1.54, 1.807) is 0 Å². The summed E-state index contributed by atoms with van der Waals surface area (Å²) in [6.07, 6.45) is 6.57. The molecule has 1 aliphatic heterocycles. The molecule has 1 rings (SSSR count). The van der Waals surface area contributed by atoms with Gasteiger partial charge in [0.2, 0.25) is 0 Å². The topological polar surface area (TPSA) is 29.3 Å².